The van der Waals surface area contributed by atoms with Crippen LogP contribution in [0.5, 0.6) is 0 Å². The van der Waals surface area contributed by atoms with Gasteiger partial charge in [0.15, 0.2) is 14.5 Å². The van der Waals surface area contributed by atoms with E-state index in [0.29, 0.717) is 6.42 Å². The second-order valence-corrected chi connectivity index (χ2v) is 11.3. The molecule has 0 rings (SSSR count). The fraction of sp³-hybridized carbons (Fsp3) is 1.00. The highest BCUT2D eigenvalue weighted by atomic mass is 28.4. The smallest absolute Gasteiger partial charge is 0.396 e. The van der Waals surface area contributed by atoms with Crippen molar-refractivity contribution in [1.29, 1.82) is 0 Å². The van der Waals surface area contributed by atoms with Crippen LogP contribution in [0, 0.1) is 0 Å². The zero-order valence-electron chi connectivity index (χ0n) is 13.7. The fourth-order valence-corrected chi connectivity index (χ4v) is 4.10. The molecule has 0 aromatic heterocycles. The maximum atomic E-state index is 13.7. The van der Waals surface area contributed by atoms with Gasteiger partial charge in [0.1, 0.15) is 0 Å². The van der Waals surface area contributed by atoms with E-state index < -0.39 is 31.7 Å². The lowest BCUT2D eigenvalue weighted by Crippen LogP contribution is -2.59. The highest BCUT2D eigenvalue weighted by Crippen LogP contribution is 2.46. The molecule has 0 N–H and O–H groups in total. The third kappa shape index (κ3) is 4.63. The van der Waals surface area contributed by atoms with Crippen LogP contribution in [0.15, 0.2) is 0 Å². The molecule has 0 aliphatic heterocycles. The maximum Gasteiger partial charge on any atom is 0.457 e. The molecule has 0 aliphatic rings. The van der Waals surface area contributed by atoms with Crippen molar-refractivity contribution in [2.45, 2.75) is 70.1 Å². The van der Waals surface area contributed by atoms with Crippen molar-refractivity contribution in [3.05, 3.63) is 0 Å². The Kier molecular flexibility index (Phi) is 6.43. The van der Waals surface area contributed by atoms with Gasteiger partial charge in [0.2, 0.25) is 0 Å². The molecule has 1 atom stereocenters. The first-order valence-electron chi connectivity index (χ1n) is 6.89. The van der Waals surface area contributed by atoms with Gasteiger partial charge in [0.05, 0.1) is 0 Å². The molecule has 0 aromatic rings. The Hall–Kier alpha value is -0.213. The third-order valence-electron chi connectivity index (χ3n) is 4.07. The average Bonchev–Trinajstić information content (AvgIpc) is 2.23. The van der Waals surface area contributed by atoms with Crippen molar-refractivity contribution in [1.82, 2.24) is 4.90 Å². The second-order valence-electron chi connectivity index (χ2n) is 6.70. The van der Waals surface area contributed by atoms with E-state index in [1.807, 2.05) is 20.8 Å². The van der Waals surface area contributed by atoms with Gasteiger partial charge in [-0.1, -0.05) is 27.2 Å². The van der Waals surface area contributed by atoms with Crippen LogP contribution in [0.2, 0.25) is 18.1 Å². The van der Waals surface area contributed by atoms with Gasteiger partial charge in [-0.25, -0.2) is 0 Å². The summed E-state index contributed by atoms with van der Waals surface area (Å²) < 4.78 is 70.6. The monoisotopic (exact) mass is 335 g/mol. The van der Waals surface area contributed by atoms with Crippen LogP contribution in [-0.4, -0.2) is 45.6 Å². The fourth-order valence-electron chi connectivity index (χ4n) is 2.01. The van der Waals surface area contributed by atoms with Crippen LogP contribution in [0.4, 0.5) is 22.0 Å². The first-order chi connectivity index (χ1) is 9.10. The molecular formula is C13H26F5NOSi. The van der Waals surface area contributed by atoms with Gasteiger partial charge < -0.3 is 4.43 Å². The summed E-state index contributed by atoms with van der Waals surface area (Å²) in [6.45, 7) is 9.04. The van der Waals surface area contributed by atoms with E-state index in [4.69, 9.17) is 4.43 Å². The molecule has 0 bridgehead atoms. The number of hydrogen-bond acceptors (Lipinski definition) is 2. The van der Waals surface area contributed by atoms with Gasteiger partial charge >= 0.3 is 12.1 Å². The Balaban J connectivity index is 5.47. The largest absolute Gasteiger partial charge is 0.457 e. The predicted molar refractivity (Wildman–Crippen MR) is 76.0 cm³/mol. The second kappa shape index (κ2) is 6.50. The van der Waals surface area contributed by atoms with Crippen molar-refractivity contribution in [2.75, 3.05) is 14.1 Å². The summed E-state index contributed by atoms with van der Waals surface area (Å²) in [6.07, 6.45) is -6.42. The summed E-state index contributed by atoms with van der Waals surface area (Å²) in [5, 5.41) is -0.405. The van der Waals surface area contributed by atoms with E-state index in [9.17, 15) is 22.0 Å². The molecular weight excluding hydrogens is 309 g/mol. The topological polar surface area (TPSA) is 12.5 Å². The van der Waals surface area contributed by atoms with E-state index in [2.05, 4.69) is 0 Å². The molecule has 0 aliphatic carbocycles. The SMILES string of the molecule is CCCC(C)(C)[Si](C)(C)OC(N(C)C)C(F)(F)C(F)(F)F. The molecule has 21 heavy (non-hydrogen) atoms. The van der Waals surface area contributed by atoms with Gasteiger partial charge in [0.25, 0.3) is 0 Å². The molecule has 0 spiro atoms. The lowest BCUT2D eigenvalue weighted by atomic mass is 10.1. The molecule has 2 nitrogen and oxygen atoms in total. The van der Waals surface area contributed by atoms with Crippen molar-refractivity contribution < 1.29 is 26.4 Å². The molecule has 0 aromatic carbocycles. The Labute approximate surface area is 124 Å². The van der Waals surface area contributed by atoms with Gasteiger partial charge in [-0.15, -0.1) is 0 Å². The van der Waals surface area contributed by atoms with Crippen LogP contribution >= 0.6 is 0 Å². The summed E-state index contributed by atoms with van der Waals surface area (Å²) >= 11 is 0. The molecule has 0 saturated carbocycles. The van der Waals surface area contributed by atoms with Crippen molar-refractivity contribution in [3.63, 3.8) is 0 Å². The summed E-state index contributed by atoms with van der Waals surface area (Å²) in [6, 6.07) is 0. The minimum atomic E-state index is -5.64. The minimum absolute atomic E-state index is 0.405. The molecule has 0 saturated heterocycles. The Morgan fingerprint density at radius 3 is 1.76 bits per heavy atom. The van der Waals surface area contributed by atoms with Gasteiger partial charge in [-0.2, -0.15) is 22.0 Å². The lowest BCUT2D eigenvalue weighted by Gasteiger charge is -2.45. The first kappa shape index (κ1) is 20.8. The minimum Gasteiger partial charge on any atom is -0.396 e. The number of halogens is 5. The van der Waals surface area contributed by atoms with Crippen LogP contribution in [0.3, 0.4) is 0 Å². The van der Waals surface area contributed by atoms with Crippen LogP contribution in [0.25, 0.3) is 0 Å². The lowest BCUT2D eigenvalue weighted by molar-refractivity contribution is -0.327. The normalized spacial score (nSPS) is 16.4. The number of nitrogens with zero attached hydrogens (tertiary/aromatic N) is 1. The van der Waals surface area contributed by atoms with E-state index in [1.54, 1.807) is 13.1 Å². The van der Waals surface area contributed by atoms with Crippen LogP contribution < -0.4 is 0 Å². The zero-order valence-corrected chi connectivity index (χ0v) is 14.7. The molecule has 8 heteroatoms. The first-order valence-corrected chi connectivity index (χ1v) is 9.79. The number of hydrogen-bond donors (Lipinski definition) is 0. The third-order valence-corrected chi connectivity index (χ3v) is 8.39. The molecule has 128 valence electrons. The predicted octanol–water partition coefficient (Wildman–Crippen LogP) is 4.87. The summed E-state index contributed by atoms with van der Waals surface area (Å²) in [7, 11) is -0.451. The highest BCUT2D eigenvalue weighted by Gasteiger charge is 2.65. The summed E-state index contributed by atoms with van der Waals surface area (Å²) in [5.41, 5.74) is 0. The van der Waals surface area contributed by atoms with Crippen molar-refractivity contribution in [3.8, 4) is 0 Å². The molecule has 1 unspecified atom stereocenters. The standard InChI is InChI=1S/C13H26F5NOSi/c1-8-9-11(2,3)21(6,7)20-10(19(4)5)12(14,15)13(16,17)18/h10H,8-9H2,1-7H3. The van der Waals surface area contributed by atoms with E-state index in [-0.39, 0.29) is 0 Å². The molecule has 0 fully saturated rings. The Morgan fingerprint density at radius 1 is 1.05 bits per heavy atom. The summed E-state index contributed by atoms with van der Waals surface area (Å²) in [5.74, 6) is -4.91. The van der Waals surface area contributed by atoms with Gasteiger partial charge in [-0.05, 0) is 38.6 Å². The highest BCUT2D eigenvalue weighted by molar-refractivity contribution is 6.74. The molecule has 0 radical (unpaired) electrons. The zero-order chi connectivity index (χ0) is 17.3. The van der Waals surface area contributed by atoms with Crippen molar-refractivity contribution in [2.24, 2.45) is 0 Å². The van der Waals surface area contributed by atoms with E-state index in [1.165, 1.54) is 14.1 Å². The quantitative estimate of drug-likeness (QED) is 0.374. The van der Waals surface area contributed by atoms with Gasteiger partial charge in [0, 0.05) is 0 Å². The maximum absolute atomic E-state index is 13.7. The Morgan fingerprint density at radius 2 is 1.48 bits per heavy atom. The van der Waals surface area contributed by atoms with E-state index >= 15 is 0 Å². The average molecular weight is 335 g/mol. The van der Waals surface area contributed by atoms with Crippen LogP contribution in [0.1, 0.15) is 33.6 Å². The van der Waals surface area contributed by atoms with Gasteiger partial charge in [-0.3, -0.25) is 4.90 Å². The van der Waals surface area contributed by atoms with Crippen LogP contribution in [-0.2, 0) is 4.43 Å². The van der Waals surface area contributed by atoms with E-state index in [0.717, 1.165) is 11.3 Å². The molecule has 0 heterocycles. The Bertz CT molecular complexity index is 342. The molecule has 0 amide bonds. The van der Waals surface area contributed by atoms with Crippen molar-refractivity contribution >= 4 is 8.32 Å². The summed E-state index contributed by atoms with van der Waals surface area (Å²) in [4.78, 5) is 0.796. The number of rotatable bonds is 7. The number of alkyl halides is 5.